The van der Waals surface area contributed by atoms with Gasteiger partial charge in [-0.05, 0) is 6.04 Å². The first-order valence-corrected chi connectivity index (χ1v) is 6.09. The Kier molecular flexibility index (Phi) is 4.99. The van der Waals surface area contributed by atoms with Crippen LogP contribution in [0.25, 0.3) is 0 Å². The molecule has 0 aromatic rings. The van der Waals surface area contributed by atoms with Crippen molar-refractivity contribution in [3.8, 4) is 0 Å². The van der Waals surface area contributed by atoms with Crippen molar-refractivity contribution in [2.75, 3.05) is 0 Å². The lowest BCUT2D eigenvalue weighted by molar-refractivity contribution is -0.128. The summed E-state index contributed by atoms with van der Waals surface area (Å²) in [6.45, 7) is 3.99. The van der Waals surface area contributed by atoms with Crippen LogP contribution in [0.5, 0.6) is 0 Å². The predicted octanol–water partition coefficient (Wildman–Crippen LogP) is -2.17. The van der Waals surface area contributed by atoms with Crippen LogP contribution < -0.4 is 16.0 Å². The second-order valence-corrected chi connectivity index (χ2v) is 4.01. The van der Waals surface area contributed by atoms with Crippen LogP contribution >= 0.6 is 0 Å². The Balaban J connectivity index is 4.81. The molecule has 3 amide bonds. The molecule has 0 fully saturated rings. The molecule has 86 valence electrons. The van der Waals surface area contributed by atoms with E-state index in [1.54, 1.807) is 0 Å². The third-order valence-electron chi connectivity index (χ3n) is 1.70. The van der Waals surface area contributed by atoms with E-state index in [-0.39, 0.29) is 17.7 Å². The highest BCUT2D eigenvalue weighted by Crippen LogP contribution is 2.00. The van der Waals surface area contributed by atoms with Crippen molar-refractivity contribution in [2.24, 2.45) is 0 Å². The van der Waals surface area contributed by atoms with Crippen LogP contribution in [0, 0.1) is 0 Å². The zero-order valence-electron chi connectivity index (χ0n) is 9.43. The fraction of sp³-hybridized carbons (Fsp3) is 0.625. The number of nitrogens with one attached hydrogen (secondary N) is 3. The summed E-state index contributed by atoms with van der Waals surface area (Å²) in [5.41, 5.74) is 0. The minimum atomic E-state index is -1.13. The van der Waals surface area contributed by atoms with Gasteiger partial charge in [-0.1, -0.05) is 0 Å². The van der Waals surface area contributed by atoms with Gasteiger partial charge in [0.2, 0.25) is 17.7 Å². The van der Waals surface area contributed by atoms with Crippen LogP contribution in [0.15, 0.2) is 0 Å². The summed E-state index contributed by atoms with van der Waals surface area (Å²) in [7, 11) is 0.718. The third-order valence-corrected chi connectivity index (χ3v) is 2.76. The monoisotopic (exact) mass is 231 g/mol. The van der Waals surface area contributed by atoms with Crippen molar-refractivity contribution in [1.29, 1.82) is 0 Å². The summed E-state index contributed by atoms with van der Waals surface area (Å²) in [5.74, 6) is -2.06. The van der Waals surface area contributed by atoms with E-state index in [9.17, 15) is 14.4 Å². The van der Waals surface area contributed by atoms with Crippen LogP contribution in [0.2, 0.25) is 6.04 Å². The first-order valence-electron chi connectivity index (χ1n) is 4.67. The third kappa shape index (κ3) is 5.16. The van der Waals surface area contributed by atoms with Gasteiger partial charge in [-0.15, -0.1) is 0 Å². The largest absolute Gasteiger partial charge is 0.317 e. The molecule has 0 atom stereocenters. The molecule has 0 rings (SSSR count). The number of amides is 3. The molecular weight excluding hydrogens is 214 g/mol. The SMILES string of the molecule is CC(=O)NC(C[SiH3])(NC(C)=O)NC(C)=O. The Hall–Kier alpha value is -1.37. The van der Waals surface area contributed by atoms with Crippen LogP contribution in [0.1, 0.15) is 20.8 Å². The van der Waals surface area contributed by atoms with Gasteiger partial charge in [-0.25, -0.2) is 0 Å². The van der Waals surface area contributed by atoms with Crippen molar-refractivity contribution in [2.45, 2.75) is 32.6 Å². The zero-order valence-corrected chi connectivity index (χ0v) is 11.4. The van der Waals surface area contributed by atoms with Crippen LogP contribution in [-0.4, -0.2) is 33.8 Å². The van der Waals surface area contributed by atoms with E-state index < -0.39 is 5.79 Å². The summed E-state index contributed by atoms with van der Waals surface area (Å²) in [6, 6.07) is 0.492. The summed E-state index contributed by atoms with van der Waals surface area (Å²) in [4.78, 5) is 32.9. The average molecular weight is 231 g/mol. The molecule has 0 unspecified atom stereocenters. The summed E-state index contributed by atoms with van der Waals surface area (Å²) in [6.07, 6.45) is 0. The molecule has 7 heteroatoms. The number of hydrogen-bond donors (Lipinski definition) is 3. The van der Waals surface area contributed by atoms with Crippen molar-refractivity contribution in [1.82, 2.24) is 16.0 Å². The second-order valence-electron chi connectivity index (χ2n) is 3.30. The normalized spacial score (nSPS) is 10.6. The van der Waals surface area contributed by atoms with Crippen molar-refractivity contribution < 1.29 is 14.4 Å². The molecule has 0 aromatic heterocycles. The smallest absolute Gasteiger partial charge is 0.220 e. The van der Waals surface area contributed by atoms with Crippen molar-refractivity contribution in [3.05, 3.63) is 0 Å². The van der Waals surface area contributed by atoms with E-state index >= 15 is 0 Å². The lowest BCUT2D eigenvalue weighted by atomic mass is 10.3. The molecular formula is C8H17N3O3Si. The molecule has 15 heavy (non-hydrogen) atoms. The van der Waals surface area contributed by atoms with E-state index in [0.717, 1.165) is 10.2 Å². The number of rotatable bonds is 4. The molecule has 0 bridgehead atoms. The van der Waals surface area contributed by atoms with Gasteiger partial charge in [0.05, 0.1) is 0 Å². The van der Waals surface area contributed by atoms with Gasteiger partial charge in [0, 0.05) is 31.0 Å². The Morgan fingerprint density at radius 3 is 1.33 bits per heavy atom. The summed E-state index contributed by atoms with van der Waals surface area (Å²) < 4.78 is 0. The predicted molar refractivity (Wildman–Crippen MR) is 58.9 cm³/mol. The van der Waals surface area contributed by atoms with Gasteiger partial charge < -0.3 is 16.0 Å². The molecule has 0 aliphatic carbocycles. The number of hydrogen-bond acceptors (Lipinski definition) is 3. The average Bonchev–Trinajstić information content (AvgIpc) is 1.99. The highest BCUT2D eigenvalue weighted by molar-refractivity contribution is 6.10. The molecule has 0 saturated carbocycles. The minimum Gasteiger partial charge on any atom is -0.317 e. The summed E-state index contributed by atoms with van der Waals surface area (Å²) in [5, 5.41) is 7.61. The van der Waals surface area contributed by atoms with Gasteiger partial charge in [0.25, 0.3) is 0 Å². The maximum absolute atomic E-state index is 11.0. The topological polar surface area (TPSA) is 87.3 Å². The molecule has 6 nitrogen and oxygen atoms in total. The molecule has 0 saturated heterocycles. The van der Waals surface area contributed by atoms with E-state index in [0.29, 0.717) is 6.04 Å². The molecule has 0 radical (unpaired) electrons. The highest BCUT2D eigenvalue weighted by atomic mass is 28.1. The quantitative estimate of drug-likeness (QED) is 0.380. The second kappa shape index (κ2) is 5.49. The van der Waals surface area contributed by atoms with Crippen LogP contribution in [0.3, 0.4) is 0 Å². The van der Waals surface area contributed by atoms with Gasteiger partial charge in [0.15, 0.2) is 5.79 Å². The summed E-state index contributed by atoms with van der Waals surface area (Å²) >= 11 is 0. The van der Waals surface area contributed by atoms with E-state index in [4.69, 9.17) is 0 Å². The van der Waals surface area contributed by atoms with Crippen LogP contribution in [0.4, 0.5) is 0 Å². The van der Waals surface area contributed by atoms with Crippen LogP contribution in [-0.2, 0) is 14.4 Å². The molecule has 0 heterocycles. The zero-order chi connectivity index (χ0) is 12.1. The van der Waals surface area contributed by atoms with Gasteiger partial charge in [-0.3, -0.25) is 14.4 Å². The fourth-order valence-electron chi connectivity index (χ4n) is 1.26. The van der Waals surface area contributed by atoms with E-state index in [2.05, 4.69) is 16.0 Å². The Morgan fingerprint density at radius 1 is 0.933 bits per heavy atom. The first kappa shape index (κ1) is 13.6. The van der Waals surface area contributed by atoms with Gasteiger partial charge in [0.1, 0.15) is 0 Å². The van der Waals surface area contributed by atoms with E-state index in [1.807, 2.05) is 0 Å². The molecule has 0 aliphatic rings. The lowest BCUT2D eigenvalue weighted by Crippen LogP contribution is -2.69. The molecule has 0 spiro atoms. The van der Waals surface area contributed by atoms with E-state index in [1.165, 1.54) is 20.8 Å². The molecule has 0 aliphatic heterocycles. The van der Waals surface area contributed by atoms with Crippen molar-refractivity contribution in [3.63, 3.8) is 0 Å². The number of carbonyl (C=O) groups is 3. The Morgan fingerprint density at radius 2 is 1.20 bits per heavy atom. The van der Waals surface area contributed by atoms with Gasteiger partial charge in [-0.2, -0.15) is 0 Å². The Labute approximate surface area is 91.6 Å². The molecule has 0 aromatic carbocycles. The molecule has 3 N–H and O–H groups in total. The maximum Gasteiger partial charge on any atom is 0.220 e. The maximum atomic E-state index is 11.0. The first-order chi connectivity index (χ1) is 6.81. The fourth-order valence-corrected chi connectivity index (χ4v) is 1.79. The number of carbonyl (C=O) groups excluding carboxylic acids is 3. The highest BCUT2D eigenvalue weighted by Gasteiger charge is 2.30. The van der Waals surface area contributed by atoms with Crippen molar-refractivity contribution >= 4 is 28.0 Å². The lowest BCUT2D eigenvalue weighted by Gasteiger charge is -2.34. The standard InChI is InChI=1S/C8H17N3O3Si/c1-5(12)9-8(4-15,10-6(2)13)11-7(3)14/h4H2,1-3,15H3,(H,9,12)(H,10,13)(H,11,14). The van der Waals surface area contributed by atoms with Gasteiger partial charge >= 0.3 is 0 Å². The minimum absolute atomic E-state index is 0.312. The Bertz CT molecular complexity index is 240.